The minimum absolute atomic E-state index is 0.170. The van der Waals surface area contributed by atoms with Gasteiger partial charge in [-0.3, -0.25) is 10.1 Å². The van der Waals surface area contributed by atoms with Gasteiger partial charge in [-0.25, -0.2) is 0 Å². The van der Waals surface area contributed by atoms with Gasteiger partial charge in [0.15, 0.2) is 0 Å². The fraction of sp³-hybridized carbons (Fsp3) is 0.600. The maximum absolute atomic E-state index is 11.0. The Bertz CT molecular complexity index is 516. The molecule has 1 fully saturated rings. The number of nitro groups is 1. The number of nitrogens with zero attached hydrogens (tertiary/aromatic N) is 2. The molecule has 116 valence electrons. The van der Waals surface area contributed by atoms with Crippen LogP contribution in [0.1, 0.15) is 31.7 Å². The van der Waals surface area contributed by atoms with Crippen LogP contribution in [0.15, 0.2) is 16.6 Å². The van der Waals surface area contributed by atoms with Gasteiger partial charge in [0, 0.05) is 35.2 Å². The van der Waals surface area contributed by atoms with Crippen molar-refractivity contribution < 1.29 is 4.92 Å². The van der Waals surface area contributed by atoms with E-state index < -0.39 is 0 Å². The Kier molecular flexibility index (Phi) is 5.58. The van der Waals surface area contributed by atoms with Crippen LogP contribution < -0.4 is 10.2 Å². The van der Waals surface area contributed by atoms with Crippen molar-refractivity contribution in [3.05, 3.63) is 32.3 Å². The number of hydrogen-bond donors (Lipinski definition) is 1. The number of anilines is 1. The van der Waals surface area contributed by atoms with Crippen molar-refractivity contribution in [1.29, 1.82) is 0 Å². The molecule has 1 aliphatic rings. The molecule has 1 N–H and O–H groups in total. The summed E-state index contributed by atoms with van der Waals surface area (Å²) in [7, 11) is 0. The highest BCUT2D eigenvalue weighted by Gasteiger charge is 2.24. The molecule has 0 amide bonds. The zero-order chi connectivity index (χ0) is 15.4. The van der Waals surface area contributed by atoms with Crippen LogP contribution in [-0.4, -0.2) is 30.6 Å². The zero-order valence-electron chi connectivity index (χ0n) is 12.6. The number of nitrogens with one attached hydrogen (secondary N) is 1. The van der Waals surface area contributed by atoms with Gasteiger partial charge in [0.2, 0.25) is 0 Å². The summed E-state index contributed by atoms with van der Waals surface area (Å²) in [6.07, 6.45) is 3.39. The van der Waals surface area contributed by atoms with E-state index in [1.807, 2.05) is 6.07 Å². The Morgan fingerprint density at radius 2 is 2.29 bits per heavy atom. The molecule has 1 saturated heterocycles. The normalized spacial score (nSPS) is 18.5. The highest BCUT2D eigenvalue weighted by atomic mass is 79.9. The Morgan fingerprint density at radius 1 is 1.52 bits per heavy atom. The Labute approximate surface area is 134 Å². The second-order valence-electron chi connectivity index (χ2n) is 5.54. The van der Waals surface area contributed by atoms with Gasteiger partial charge in [-0.05, 0) is 54.7 Å². The molecule has 1 aliphatic heterocycles. The van der Waals surface area contributed by atoms with Crippen LogP contribution in [0.2, 0.25) is 0 Å². The molecule has 2 rings (SSSR count). The first-order valence-electron chi connectivity index (χ1n) is 7.46. The average Bonchev–Trinajstić information content (AvgIpc) is 2.47. The van der Waals surface area contributed by atoms with Gasteiger partial charge in [0.1, 0.15) is 0 Å². The highest BCUT2D eigenvalue weighted by Crippen LogP contribution is 2.35. The molecule has 0 saturated carbocycles. The van der Waals surface area contributed by atoms with E-state index in [9.17, 15) is 10.1 Å². The van der Waals surface area contributed by atoms with Crippen molar-refractivity contribution >= 4 is 27.3 Å². The number of aryl methyl sites for hydroxylation is 1. The third-order valence-electron chi connectivity index (χ3n) is 3.95. The van der Waals surface area contributed by atoms with Crippen LogP contribution in [0, 0.1) is 17.0 Å². The van der Waals surface area contributed by atoms with Gasteiger partial charge in [-0.15, -0.1) is 0 Å². The van der Waals surface area contributed by atoms with Crippen molar-refractivity contribution in [2.45, 2.75) is 39.2 Å². The van der Waals surface area contributed by atoms with Crippen molar-refractivity contribution in [2.24, 2.45) is 0 Å². The standard InChI is InChI=1S/C15H22BrN3O2/c1-3-7-18(12-5-4-6-17-10-12)15-8-11(2)14(19(20)21)9-13(15)16/h8-9,12,17H,3-7,10H2,1-2H3. The molecule has 0 radical (unpaired) electrons. The van der Waals surface area contributed by atoms with Crippen LogP contribution >= 0.6 is 15.9 Å². The van der Waals surface area contributed by atoms with Gasteiger partial charge in [-0.2, -0.15) is 0 Å². The molecule has 1 atom stereocenters. The maximum Gasteiger partial charge on any atom is 0.273 e. The quantitative estimate of drug-likeness (QED) is 0.647. The van der Waals surface area contributed by atoms with Gasteiger partial charge in [0.25, 0.3) is 5.69 Å². The van der Waals surface area contributed by atoms with Crippen molar-refractivity contribution in [1.82, 2.24) is 5.32 Å². The predicted octanol–water partition coefficient (Wildman–Crippen LogP) is 3.63. The monoisotopic (exact) mass is 355 g/mol. The summed E-state index contributed by atoms with van der Waals surface area (Å²) in [6.45, 7) is 6.98. The molecule has 1 aromatic rings. The summed E-state index contributed by atoms with van der Waals surface area (Å²) in [4.78, 5) is 13.1. The van der Waals surface area contributed by atoms with E-state index >= 15 is 0 Å². The van der Waals surface area contributed by atoms with Crippen molar-refractivity contribution in [2.75, 3.05) is 24.5 Å². The molecular formula is C15H22BrN3O2. The summed E-state index contributed by atoms with van der Waals surface area (Å²) < 4.78 is 0.804. The molecule has 1 aromatic carbocycles. The maximum atomic E-state index is 11.0. The van der Waals surface area contributed by atoms with Crippen LogP contribution in [0.5, 0.6) is 0 Å². The van der Waals surface area contributed by atoms with Crippen LogP contribution in [-0.2, 0) is 0 Å². The lowest BCUT2D eigenvalue weighted by atomic mass is 10.0. The van der Waals surface area contributed by atoms with E-state index in [-0.39, 0.29) is 10.6 Å². The van der Waals surface area contributed by atoms with Gasteiger partial charge in [0.05, 0.1) is 10.6 Å². The topological polar surface area (TPSA) is 58.4 Å². The zero-order valence-corrected chi connectivity index (χ0v) is 14.1. The summed E-state index contributed by atoms with van der Waals surface area (Å²) >= 11 is 3.52. The van der Waals surface area contributed by atoms with E-state index in [2.05, 4.69) is 33.1 Å². The van der Waals surface area contributed by atoms with E-state index in [1.54, 1.807) is 13.0 Å². The second-order valence-corrected chi connectivity index (χ2v) is 6.40. The first kappa shape index (κ1) is 16.2. The first-order chi connectivity index (χ1) is 10.0. The predicted molar refractivity (Wildman–Crippen MR) is 89.1 cm³/mol. The fourth-order valence-corrected chi connectivity index (χ4v) is 3.47. The van der Waals surface area contributed by atoms with E-state index in [0.29, 0.717) is 11.6 Å². The Morgan fingerprint density at radius 3 is 2.86 bits per heavy atom. The average molecular weight is 356 g/mol. The Balaban J connectivity index is 2.35. The molecule has 0 bridgehead atoms. The largest absolute Gasteiger partial charge is 0.366 e. The molecule has 1 heterocycles. The molecule has 21 heavy (non-hydrogen) atoms. The lowest BCUT2D eigenvalue weighted by Gasteiger charge is -2.37. The van der Waals surface area contributed by atoms with Gasteiger partial charge >= 0.3 is 0 Å². The number of benzene rings is 1. The number of rotatable bonds is 5. The smallest absolute Gasteiger partial charge is 0.273 e. The number of nitro benzene ring substituents is 1. The van der Waals surface area contributed by atoms with Crippen molar-refractivity contribution in [3.8, 4) is 0 Å². The van der Waals surface area contributed by atoms with E-state index in [1.165, 1.54) is 6.42 Å². The lowest BCUT2D eigenvalue weighted by Crippen LogP contribution is -2.46. The van der Waals surface area contributed by atoms with Crippen LogP contribution in [0.3, 0.4) is 0 Å². The number of hydrogen-bond acceptors (Lipinski definition) is 4. The van der Waals surface area contributed by atoms with E-state index in [0.717, 1.165) is 42.6 Å². The summed E-state index contributed by atoms with van der Waals surface area (Å²) in [5, 5.41) is 14.5. The molecule has 0 aromatic heterocycles. The van der Waals surface area contributed by atoms with Crippen molar-refractivity contribution in [3.63, 3.8) is 0 Å². The third-order valence-corrected chi connectivity index (χ3v) is 4.58. The second kappa shape index (κ2) is 7.22. The number of piperidine rings is 1. The molecule has 6 heteroatoms. The molecule has 5 nitrogen and oxygen atoms in total. The molecule has 1 unspecified atom stereocenters. The van der Waals surface area contributed by atoms with Crippen LogP contribution in [0.25, 0.3) is 0 Å². The minimum Gasteiger partial charge on any atom is -0.366 e. The van der Waals surface area contributed by atoms with Gasteiger partial charge < -0.3 is 10.2 Å². The highest BCUT2D eigenvalue weighted by molar-refractivity contribution is 9.10. The summed E-state index contributed by atoms with van der Waals surface area (Å²) in [5.74, 6) is 0. The third kappa shape index (κ3) is 3.74. The molecule has 0 aliphatic carbocycles. The van der Waals surface area contributed by atoms with Crippen LogP contribution in [0.4, 0.5) is 11.4 Å². The van der Waals surface area contributed by atoms with Gasteiger partial charge in [-0.1, -0.05) is 6.92 Å². The summed E-state index contributed by atoms with van der Waals surface area (Å²) in [5.41, 5.74) is 1.94. The SMILES string of the molecule is CCCN(c1cc(C)c([N+](=O)[O-])cc1Br)C1CCCNC1. The first-order valence-corrected chi connectivity index (χ1v) is 8.25. The lowest BCUT2D eigenvalue weighted by molar-refractivity contribution is -0.385. The fourth-order valence-electron chi connectivity index (χ4n) is 2.91. The minimum atomic E-state index is -0.323. The molecule has 0 spiro atoms. The van der Waals surface area contributed by atoms with E-state index in [4.69, 9.17) is 0 Å². The Hall–Kier alpha value is -1.14. The summed E-state index contributed by atoms with van der Waals surface area (Å²) in [6, 6.07) is 4.02. The molecular weight excluding hydrogens is 334 g/mol. The number of halogens is 1.